The van der Waals surface area contributed by atoms with Crippen molar-refractivity contribution >= 4 is 40.6 Å². The lowest BCUT2D eigenvalue weighted by molar-refractivity contribution is -0.114. The summed E-state index contributed by atoms with van der Waals surface area (Å²) in [5.74, 6) is -0.670. The molecule has 0 aliphatic carbocycles. The average molecular weight is 528 g/mol. The number of aromatic carboxylic acids is 1. The van der Waals surface area contributed by atoms with Gasteiger partial charge < -0.3 is 29.9 Å². The van der Waals surface area contributed by atoms with Crippen LogP contribution in [0.1, 0.15) is 40.8 Å². The van der Waals surface area contributed by atoms with E-state index in [2.05, 4.69) is 15.6 Å². The molecule has 1 saturated heterocycles. The van der Waals surface area contributed by atoms with E-state index in [0.717, 1.165) is 22.8 Å². The minimum Gasteiger partial charge on any atom is -0.495 e. The van der Waals surface area contributed by atoms with Crippen LogP contribution in [-0.4, -0.2) is 38.8 Å². The number of anilines is 2. The molecule has 1 aliphatic heterocycles. The molecule has 3 N–H and O–H groups in total. The molecule has 2 atom stereocenters. The highest BCUT2D eigenvalue weighted by molar-refractivity contribution is 7.80. The average Bonchev–Trinajstić information content (AvgIpc) is 3.53. The lowest BCUT2D eigenvalue weighted by atomic mass is 10.0. The summed E-state index contributed by atoms with van der Waals surface area (Å²) in [6, 6.07) is 21.3. The number of nitrogens with zero attached hydrogens (tertiary/aromatic N) is 3. The van der Waals surface area contributed by atoms with E-state index in [1.807, 2.05) is 58.1 Å². The fourth-order valence-electron chi connectivity index (χ4n) is 4.70. The van der Waals surface area contributed by atoms with Crippen LogP contribution in [0.2, 0.25) is 0 Å². The third kappa shape index (κ3) is 4.69. The number of nitrogens with one attached hydrogen (secondary N) is 2. The van der Waals surface area contributed by atoms with E-state index in [1.54, 1.807) is 43.6 Å². The van der Waals surface area contributed by atoms with Gasteiger partial charge in [0.1, 0.15) is 11.8 Å². The highest BCUT2D eigenvalue weighted by atomic mass is 32.1. The summed E-state index contributed by atoms with van der Waals surface area (Å²) in [5, 5.41) is 16.1. The Bertz CT molecular complexity index is 1500. The van der Waals surface area contributed by atoms with Crippen molar-refractivity contribution in [2.45, 2.75) is 19.0 Å². The maximum atomic E-state index is 11.9. The first-order valence-electron chi connectivity index (χ1n) is 11.8. The van der Waals surface area contributed by atoms with Gasteiger partial charge in [-0.2, -0.15) is 0 Å². The van der Waals surface area contributed by atoms with E-state index >= 15 is 0 Å². The van der Waals surface area contributed by atoms with Crippen LogP contribution >= 0.6 is 12.2 Å². The normalized spacial score (nSPS) is 16.7. The summed E-state index contributed by atoms with van der Waals surface area (Å²) in [7, 11) is 1.55. The van der Waals surface area contributed by atoms with Gasteiger partial charge in [-0.05, 0) is 78.9 Å². The zero-order valence-corrected chi connectivity index (χ0v) is 21.5. The number of aromatic nitrogens is 2. The Balaban J connectivity index is 1.64. The van der Waals surface area contributed by atoms with Crippen LogP contribution in [0.4, 0.5) is 11.4 Å². The molecule has 2 aromatic carbocycles. The van der Waals surface area contributed by atoms with Gasteiger partial charge in [-0.1, -0.05) is 6.07 Å². The molecule has 0 spiro atoms. The van der Waals surface area contributed by atoms with Crippen LogP contribution in [0.25, 0.3) is 5.69 Å². The Kier molecular flexibility index (Phi) is 6.80. The van der Waals surface area contributed by atoms with Crippen LogP contribution in [0.3, 0.4) is 0 Å². The summed E-state index contributed by atoms with van der Waals surface area (Å²) in [6.07, 6.45) is 3.67. The van der Waals surface area contributed by atoms with E-state index in [1.165, 1.54) is 6.92 Å². The van der Waals surface area contributed by atoms with Gasteiger partial charge in [0.15, 0.2) is 5.11 Å². The maximum absolute atomic E-state index is 11.9. The molecule has 5 rings (SSSR count). The quantitative estimate of drug-likeness (QED) is 0.297. The molecule has 38 heavy (non-hydrogen) atoms. The third-order valence-corrected chi connectivity index (χ3v) is 6.66. The Morgan fingerprint density at radius 3 is 2.47 bits per heavy atom. The lowest BCUT2D eigenvalue weighted by Crippen LogP contribution is -2.30. The molecule has 1 aliphatic rings. The number of carbonyl (C=O) groups excluding carboxylic acids is 1. The van der Waals surface area contributed by atoms with Gasteiger partial charge in [0, 0.05) is 36.4 Å². The molecule has 4 aromatic rings. The molecule has 9 nitrogen and oxygen atoms in total. The fourth-order valence-corrected chi connectivity index (χ4v) is 5.05. The largest absolute Gasteiger partial charge is 0.495 e. The van der Waals surface area contributed by atoms with Crippen molar-refractivity contribution in [1.29, 1.82) is 0 Å². The Morgan fingerprint density at radius 2 is 1.82 bits per heavy atom. The number of carboxylic acids is 1. The standard InChI is InChI=1S/C28H25N5O4S/c1-17(34)30-22-16-20(12-13-24(22)37-2)33-26(25(31-28(33)38)21-6-3-4-14-29-21)23-7-5-15-32(23)19-10-8-18(9-11-19)27(35)36/h3-16,25-26H,1-2H3,(H,30,34)(H,31,38)(H,35,36)/t25-,26-/m1/s1. The first-order valence-corrected chi connectivity index (χ1v) is 12.3. The van der Waals surface area contributed by atoms with Gasteiger partial charge in [-0.3, -0.25) is 9.78 Å². The number of benzene rings is 2. The van der Waals surface area contributed by atoms with Gasteiger partial charge in [0.2, 0.25) is 5.91 Å². The molecular weight excluding hydrogens is 502 g/mol. The monoisotopic (exact) mass is 527 g/mol. The van der Waals surface area contributed by atoms with Crippen LogP contribution in [-0.2, 0) is 4.79 Å². The topological polar surface area (TPSA) is 109 Å². The van der Waals surface area contributed by atoms with Crippen LogP contribution in [0.5, 0.6) is 5.75 Å². The van der Waals surface area contributed by atoms with Gasteiger partial charge in [-0.25, -0.2) is 4.79 Å². The molecule has 1 amide bonds. The van der Waals surface area contributed by atoms with Crippen molar-refractivity contribution < 1.29 is 19.4 Å². The number of ether oxygens (including phenoxy) is 1. The van der Waals surface area contributed by atoms with Crippen LogP contribution in [0, 0.1) is 0 Å². The second-order valence-electron chi connectivity index (χ2n) is 8.72. The molecule has 1 fully saturated rings. The smallest absolute Gasteiger partial charge is 0.335 e. The van der Waals surface area contributed by atoms with Crippen molar-refractivity contribution in [2.75, 3.05) is 17.3 Å². The summed E-state index contributed by atoms with van der Waals surface area (Å²) in [6.45, 7) is 1.44. The number of pyridine rings is 1. The Morgan fingerprint density at radius 1 is 1.05 bits per heavy atom. The van der Waals surface area contributed by atoms with Crippen molar-refractivity contribution in [3.63, 3.8) is 0 Å². The van der Waals surface area contributed by atoms with Gasteiger partial charge in [0.25, 0.3) is 0 Å². The molecule has 2 aromatic heterocycles. The van der Waals surface area contributed by atoms with Gasteiger partial charge >= 0.3 is 5.97 Å². The van der Waals surface area contributed by atoms with E-state index in [4.69, 9.17) is 17.0 Å². The number of methoxy groups -OCH3 is 1. The molecule has 10 heteroatoms. The number of thiocarbonyl (C=S) groups is 1. The van der Waals surface area contributed by atoms with Crippen molar-refractivity contribution in [3.05, 3.63) is 102 Å². The zero-order chi connectivity index (χ0) is 26.8. The van der Waals surface area contributed by atoms with E-state index < -0.39 is 5.97 Å². The van der Waals surface area contributed by atoms with E-state index in [-0.39, 0.29) is 23.6 Å². The first kappa shape index (κ1) is 25.0. The fraction of sp³-hybridized carbons (Fsp3) is 0.143. The molecule has 3 heterocycles. The second kappa shape index (κ2) is 10.3. The minimum atomic E-state index is -0.981. The number of hydrogen-bond acceptors (Lipinski definition) is 5. The molecular formula is C28H25N5O4S. The molecule has 0 unspecified atom stereocenters. The van der Waals surface area contributed by atoms with Crippen molar-refractivity contribution in [3.8, 4) is 11.4 Å². The Hall–Kier alpha value is -4.70. The summed E-state index contributed by atoms with van der Waals surface area (Å²) >= 11 is 5.84. The highest BCUT2D eigenvalue weighted by Gasteiger charge is 2.42. The summed E-state index contributed by atoms with van der Waals surface area (Å²) in [4.78, 5) is 29.8. The number of carboxylic acid groups (broad SMARTS) is 1. The first-order chi connectivity index (χ1) is 18.4. The highest BCUT2D eigenvalue weighted by Crippen LogP contribution is 2.43. The van der Waals surface area contributed by atoms with Crippen LogP contribution in [0.15, 0.2) is 85.2 Å². The van der Waals surface area contributed by atoms with Crippen LogP contribution < -0.4 is 20.3 Å². The minimum absolute atomic E-state index is 0.211. The summed E-state index contributed by atoms with van der Waals surface area (Å²) < 4.78 is 7.45. The molecule has 0 saturated carbocycles. The predicted octanol–water partition coefficient (Wildman–Crippen LogP) is 4.71. The lowest BCUT2D eigenvalue weighted by Gasteiger charge is -2.29. The number of hydrogen-bond donors (Lipinski definition) is 3. The Labute approximate surface area is 224 Å². The van der Waals surface area contributed by atoms with Gasteiger partial charge in [-0.15, -0.1) is 0 Å². The predicted molar refractivity (Wildman–Crippen MR) is 148 cm³/mol. The van der Waals surface area contributed by atoms with E-state index in [0.29, 0.717) is 16.5 Å². The van der Waals surface area contributed by atoms with Crippen molar-refractivity contribution in [2.24, 2.45) is 0 Å². The van der Waals surface area contributed by atoms with Crippen molar-refractivity contribution in [1.82, 2.24) is 14.9 Å². The second-order valence-corrected chi connectivity index (χ2v) is 9.10. The van der Waals surface area contributed by atoms with Gasteiger partial charge in [0.05, 0.1) is 30.1 Å². The molecule has 192 valence electrons. The molecule has 0 bridgehead atoms. The summed E-state index contributed by atoms with van der Waals surface area (Å²) in [5.41, 5.74) is 4.02. The van der Waals surface area contributed by atoms with E-state index in [9.17, 15) is 14.7 Å². The third-order valence-electron chi connectivity index (χ3n) is 6.35. The SMILES string of the molecule is COc1ccc(N2C(=S)N[C@H](c3ccccn3)[C@H]2c2cccn2-c2ccc(C(=O)O)cc2)cc1NC(C)=O. The zero-order valence-electron chi connectivity index (χ0n) is 20.7. The molecule has 0 radical (unpaired) electrons. The maximum Gasteiger partial charge on any atom is 0.335 e. The number of amides is 1. The number of carbonyl (C=O) groups is 2. The number of rotatable bonds is 7.